The molecule has 5 nitrogen and oxygen atoms in total. The summed E-state index contributed by atoms with van der Waals surface area (Å²) in [6, 6.07) is 24.1. The van der Waals surface area contributed by atoms with Gasteiger partial charge in [-0.1, -0.05) is 30.3 Å². The van der Waals surface area contributed by atoms with E-state index in [0.29, 0.717) is 23.4 Å². The molecular weight excluding hydrogens is 362 g/mol. The molecule has 0 aliphatic heterocycles. The molecule has 0 aromatic heterocycles. The van der Waals surface area contributed by atoms with Gasteiger partial charge in [-0.25, -0.2) is 0 Å². The molecule has 0 bridgehead atoms. The van der Waals surface area contributed by atoms with Gasteiger partial charge < -0.3 is 15.1 Å². The largest absolute Gasteiger partial charge is 0.378 e. The standard InChI is InChI=1S/C24H25N3O2/c1-26(2)22-15-9-18(10-16-22)17-27(3)24(29)20-11-13-21(14-12-20)25-23(28)19-7-5-4-6-8-19/h4-16H,17H2,1-3H3,(H,25,28). The average Bonchev–Trinajstić information content (AvgIpc) is 2.74. The summed E-state index contributed by atoms with van der Waals surface area (Å²) in [5, 5.41) is 2.84. The molecule has 0 unspecified atom stereocenters. The molecule has 1 N–H and O–H groups in total. The summed E-state index contributed by atoms with van der Waals surface area (Å²) >= 11 is 0. The van der Waals surface area contributed by atoms with Gasteiger partial charge in [-0.15, -0.1) is 0 Å². The zero-order valence-electron chi connectivity index (χ0n) is 16.9. The van der Waals surface area contributed by atoms with Crippen LogP contribution in [0.2, 0.25) is 0 Å². The Morgan fingerprint density at radius 1 is 0.759 bits per heavy atom. The summed E-state index contributed by atoms with van der Waals surface area (Å²) in [5.74, 6) is -0.245. The fourth-order valence-electron chi connectivity index (χ4n) is 2.95. The van der Waals surface area contributed by atoms with E-state index in [0.717, 1.165) is 11.3 Å². The van der Waals surface area contributed by atoms with Crippen LogP contribution in [0.4, 0.5) is 11.4 Å². The predicted molar refractivity (Wildman–Crippen MR) is 117 cm³/mol. The highest BCUT2D eigenvalue weighted by atomic mass is 16.2. The first-order valence-corrected chi connectivity index (χ1v) is 9.42. The maximum Gasteiger partial charge on any atom is 0.255 e. The van der Waals surface area contributed by atoms with Gasteiger partial charge in [-0.3, -0.25) is 9.59 Å². The van der Waals surface area contributed by atoms with Crippen LogP contribution in [0, 0.1) is 0 Å². The molecule has 0 fully saturated rings. The van der Waals surface area contributed by atoms with Crippen LogP contribution in [0.1, 0.15) is 26.3 Å². The lowest BCUT2D eigenvalue weighted by atomic mass is 10.1. The number of nitrogens with zero attached hydrogens (tertiary/aromatic N) is 2. The van der Waals surface area contributed by atoms with Crippen LogP contribution in [0.15, 0.2) is 78.9 Å². The first-order valence-electron chi connectivity index (χ1n) is 9.42. The highest BCUT2D eigenvalue weighted by Crippen LogP contribution is 2.16. The lowest BCUT2D eigenvalue weighted by Gasteiger charge is -2.19. The van der Waals surface area contributed by atoms with Gasteiger partial charge in [-0.2, -0.15) is 0 Å². The second-order valence-corrected chi connectivity index (χ2v) is 7.12. The topological polar surface area (TPSA) is 52.6 Å². The Hall–Kier alpha value is -3.60. The lowest BCUT2D eigenvalue weighted by molar-refractivity contribution is 0.0785. The van der Waals surface area contributed by atoms with Gasteiger partial charge in [0.15, 0.2) is 0 Å². The molecule has 0 saturated carbocycles. The summed E-state index contributed by atoms with van der Waals surface area (Å²) in [7, 11) is 5.78. The van der Waals surface area contributed by atoms with E-state index in [2.05, 4.69) is 5.32 Å². The molecule has 0 spiro atoms. The van der Waals surface area contributed by atoms with Gasteiger partial charge in [-0.05, 0) is 54.1 Å². The van der Waals surface area contributed by atoms with Crippen LogP contribution in [-0.2, 0) is 6.54 Å². The zero-order valence-corrected chi connectivity index (χ0v) is 16.9. The molecule has 29 heavy (non-hydrogen) atoms. The fraction of sp³-hybridized carbons (Fsp3) is 0.167. The van der Waals surface area contributed by atoms with E-state index >= 15 is 0 Å². The molecule has 2 amide bonds. The maximum atomic E-state index is 12.7. The average molecular weight is 387 g/mol. The number of nitrogens with one attached hydrogen (secondary N) is 1. The van der Waals surface area contributed by atoms with E-state index in [4.69, 9.17) is 0 Å². The first kappa shape index (κ1) is 20.1. The Labute approximate surface area is 171 Å². The minimum absolute atomic E-state index is 0.0670. The molecule has 148 valence electrons. The van der Waals surface area contributed by atoms with Crippen LogP contribution in [0.5, 0.6) is 0 Å². The van der Waals surface area contributed by atoms with Crippen LogP contribution in [0.25, 0.3) is 0 Å². The first-order chi connectivity index (χ1) is 13.9. The van der Waals surface area contributed by atoms with E-state index in [9.17, 15) is 9.59 Å². The molecule has 0 radical (unpaired) electrons. The predicted octanol–water partition coefficient (Wildman–Crippen LogP) is 4.28. The third-order valence-electron chi connectivity index (χ3n) is 4.64. The Morgan fingerprint density at radius 3 is 1.97 bits per heavy atom. The molecular formula is C24H25N3O2. The molecule has 3 rings (SSSR count). The molecule has 3 aromatic rings. The normalized spacial score (nSPS) is 10.3. The summed E-state index contributed by atoms with van der Waals surface area (Å²) < 4.78 is 0. The van der Waals surface area contributed by atoms with Crippen molar-refractivity contribution < 1.29 is 9.59 Å². The second kappa shape index (κ2) is 9.06. The highest BCUT2D eigenvalue weighted by Gasteiger charge is 2.13. The minimum atomic E-state index is -0.178. The number of hydrogen-bond donors (Lipinski definition) is 1. The van der Waals surface area contributed by atoms with E-state index in [1.807, 2.05) is 61.5 Å². The van der Waals surface area contributed by atoms with Gasteiger partial charge >= 0.3 is 0 Å². The second-order valence-electron chi connectivity index (χ2n) is 7.12. The summed E-state index contributed by atoms with van der Waals surface area (Å²) in [6.07, 6.45) is 0. The number of hydrogen-bond acceptors (Lipinski definition) is 3. The van der Waals surface area contributed by atoms with Crippen molar-refractivity contribution in [2.75, 3.05) is 31.4 Å². The molecule has 3 aromatic carbocycles. The summed E-state index contributed by atoms with van der Waals surface area (Å²) in [4.78, 5) is 28.7. The van der Waals surface area contributed by atoms with Crippen LogP contribution >= 0.6 is 0 Å². The molecule has 0 saturated heterocycles. The summed E-state index contributed by atoms with van der Waals surface area (Å²) in [5.41, 5.74) is 4.01. The van der Waals surface area contributed by atoms with Gasteiger partial charge in [0.2, 0.25) is 0 Å². The third-order valence-corrected chi connectivity index (χ3v) is 4.64. The van der Waals surface area contributed by atoms with Crippen LogP contribution in [0.3, 0.4) is 0 Å². The van der Waals surface area contributed by atoms with Crippen molar-refractivity contribution in [2.24, 2.45) is 0 Å². The van der Waals surface area contributed by atoms with Crippen molar-refractivity contribution in [1.29, 1.82) is 0 Å². The number of amides is 2. The van der Waals surface area contributed by atoms with E-state index in [1.165, 1.54) is 0 Å². The molecule has 0 aliphatic carbocycles. The number of carbonyl (C=O) groups is 2. The van der Waals surface area contributed by atoms with Crippen LogP contribution < -0.4 is 10.2 Å². The van der Waals surface area contributed by atoms with Crippen molar-refractivity contribution in [3.05, 3.63) is 95.6 Å². The van der Waals surface area contributed by atoms with Crippen molar-refractivity contribution in [1.82, 2.24) is 4.90 Å². The quantitative estimate of drug-likeness (QED) is 0.687. The third kappa shape index (κ3) is 5.23. The smallest absolute Gasteiger partial charge is 0.255 e. The van der Waals surface area contributed by atoms with Gasteiger partial charge in [0.05, 0.1) is 0 Å². The van der Waals surface area contributed by atoms with Crippen molar-refractivity contribution in [3.8, 4) is 0 Å². The lowest BCUT2D eigenvalue weighted by Crippen LogP contribution is -2.26. The van der Waals surface area contributed by atoms with E-state index in [-0.39, 0.29) is 11.8 Å². The van der Waals surface area contributed by atoms with Crippen molar-refractivity contribution in [3.63, 3.8) is 0 Å². The molecule has 0 atom stereocenters. The SMILES string of the molecule is CN(Cc1ccc(N(C)C)cc1)C(=O)c1ccc(NC(=O)c2ccccc2)cc1. The Morgan fingerprint density at radius 2 is 1.38 bits per heavy atom. The van der Waals surface area contributed by atoms with E-state index < -0.39 is 0 Å². The molecule has 5 heteroatoms. The highest BCUT2D eigenvalue weighted by molar-refractivity contribution is 6.04. The summed E-state index contributed by atoms with van der Waals surface area (Å²) in [6.45, 7) is 0.527. The van der Waals surface area contributed by atoms with Gasteiger partial charge in [0.1, 0.15) is 0 Å². The number of carbonyl (C=O) groups excluding carboxylic acids is 2. The van der Waals surface area contributed by atoms with Gasteiger partial charge in [0, 0.05) is 50.2 Å². The van der Waals surface area contributed by atoms with Crippen molar-refractivity contribution >= 4 is 23.2 Å². The van der Waals surface area contributed by atoms with Gasteiger partial charge in [0.25, 0.3) is 11.8 Å². The van der Waals surface area contributed by atoms with Crippen molar-refractivity contribution in [2.45, 2.75) is 6.54 Å². The minimum Gasteiger partial charge on any atom is -0.378 e. The number of rotatable bonds is 6. The fourth-order valence-corrected chi connectivity index (χ4v) is 2.95. The Kier molecular flexibility index (Phi) is 6.29. The monoisotopic (exact) mass is 387 g/mol. The van der Waals surface area contributed by atoms with E-state index in [1.54, 1.807) is 48.3 Å². The zero-order chi connectivity index (χ0) is 20.8. The Bertz CT molecular complexity index is 965. The number of anilines is 2. The maximum absolute atomic E-state index is 12.7. The Balaban J connectivity index is 1.61. The molecule has 0 heterocycles. The molecule has 0 aliphatic rings. The number of benzene rings is 3. The van der Waals surface area contributed by atoms with Crippen LogP contribution in [-0.4, -0.2) is 37.9 Å².